The van der Waals surface area contributed by atoms with Gasteiger partial charge in [0.05, 0.1) is 0 Å². The van der Waals surface area contributed by atoms with E-state index in [4.69, 9.17) is 0 Å². The standard InChI is InChI=1S/C9H9FINO/c1-2-12-9(13)6-3-7(10)5-8(11)4-6/h3-5H,2H2,1H3,(H,12,13). The summed E-state index contributed by atoms with van der Waals surface area (Å²) in [7, 11) is 0. The van der Waals surface area contributed by atoms with E-state index in [2.05, 4.69) is 5.32 Å². The van der Waals surface area contributed by atoms with Gasteiger partial charge in [0.25, 0.3) is 5.91 Å². The van der Waals surface area contributed by atoms with Crippen LogP contribution in [0.1, 0.15) is 17.3 Å². The quantitative estimate of drug-likeness (QED) is 0.832. The number of halogens is 2. The fourth-order valence-corrected chi connectivity index (χ4v) is 1.58. The highest BCUT2D eigenvalue weighted by atomic mass is 127. The van der Waals surface area contributed by atoms with E-state index in [0.29, 0.717) is 12.1 Å². The molecule has 0 aliphatic rings. The topological polar surface area (TPSA) is 29.1 Å². The normalized spacial score (nSPS) is 9.77. The molecule has 4 heteroatoms. The lowest BCUT2D eigenvalue weighted by Gasteiger charge is -2.02. The van der Waals surface area contributed by atoms with Crippen LogP contribution in [-0.2, 0) is 0 Å². The van der Waals surface area contributed by atoms with Crippen molar-refractivity contribution < 1.29 is 9.18 Å². The fraction of sp³-hybridized carbons (Fsp3) is 0.222. The predicted molar refractivity (Wildman–Crippen MR) is 57.1 cm³/mol. The van der Waals surface area contributed by atoms with Crippen LogP contribution in [0.15, 0.2) is 18.2 Å². The number of nitrogens with one attached hydrogen (secondary N) is 1. The first-order valence-corrected chi connectivity index (χ1v) is 4.95. The minimum absolute atomic E-state index is 0.236. The lowest BCUT2D eigenvalue weighted by atomic mass is 10.2. The highest BCUT2D eigenvalue weighted by Crippen LogP contribution is 2.11. The van der Waals surface area contributed by atoms with Crippen LogP contribution < -0.4 is 5.32 Å². The summed E-state index contributed by atoms with van der Waals surface area (Å²) in [5.41, 5.74) is 0.367. The Morgan fingerprint density at radius 2 is 2.23 bits per heavy atom. The first-order valence-electron chi connectivity index (χ1n) is 3.87. The highest BCUT2D eigenvalue weighted by molar-refractivity contribution is 14.1. The van der Waals surface area contributed by atoms with Crippen LogP contribution >= 0.6 is 22.6 Å². The molecule has 1 amide bonds. The number of benzene rings is 1. The van der Waals surface area contributed by atoms with Crippen molar-refractivity contribution in [3.63, 3.8) is 0 Å². The van der Waals surface area contributed by atoms with Crippen LogP contribution in [0, 0.1) is 9.39 Å². The van der Waals surface area contributed by atoms with Crippen molar-refractivity contribution in [1.82, 2.24) is 5.32 Å². The Bertz CT molecular complexity index is 307. The molecule has 0 heterocycles. The van der Waals surface area contributed by atoms with Crippen LogP contribution in [0.5, 0.6) is 0 Å². The van der Waals surface area contributed by atoms with Gasteiger partial charge in [0.1, 0.15) is 5.82 Å². The molecular weight excluding hydrogens is 284 g/mol. The third-order valence-electron chi connectivity index (χ3n) is 1.46. The lowest BCUT2D eigenvalue weighted by Crippen LogP contribution is -2.22. The number of carbonyl (C=O) groups is 1. The Balaban J connectivity index is 2.94. The molecule has 1 N–H and O–H groups in total. The average Bonchev–Trinajstić information content (AvgIpc) is 2.03. The van der Waals surface area contributed by atoms with Gasteiger partial charge in [-0.3, -0.25) is 4.79 Å². The first-order chi connectivity index (χ1) is 6.13. The number of carbonyl (C=O) groups excluding carboxylic acids is 1. The molecular formula is C9H9FINO. The van der Waals surface area contributed by atoms with Gasteiger partial charge in [0.2, 0.25) is 0 Å². The zero-order chi connectivity index (χ0) is 9.84. The number of hydrogen-bond acceptors (Lipinski definition) is 1. The maximum atomic E-state index is 12.8. The smallest absolute Gasteiger partial charge is 0.251 e. The summed E-state index contributed by atoms with van der Waals surface area (Å²) in [5.74, 6) is -0.618. The highest BCUT2D eigenvalue weighted by Gasteiger charge is 2.06. The summed E-state index contributed by atoms with van der Waals surface area (Å²) in [4.78, 5) is 11.3. The molecule has 0 bridgehead atoms. The van der Waals surface area contributed by atoms with Gasteiger partial charge in [-0.05, 0) is 47.7 Å². The maximum Gasteiger partial charge on any atom is 0.251 e. The molecule has 2 nitrogen and oxygen atoms in total. The summed E-state index contributed by atoms with van der Waals surface area (Å²) >= 11 is 1.97. The van der Waals surface area contributed by atoms with E-state index >= 15 is 0 Å². The second kappa shape index (κ2) is 4.55. The number of hydrogen-bond donors (Lipinski definition) is 1. The molecule has 1 rings (SSSR count). The zero-order valence-electron chi connectivity index (χ0n) is 7.10. The molecule has 13 heavy (non-hydrogen) atoms. The molecule has 0 aliphatic heterocycles. The van der Waals surface area contributed by atoms with E-state index in [9.17, 15) is 9.18 Å². The minimum Gasteiger partial charge on any atom is -0.352 e. The average molecular weight is 293 g/mol. The molecule has 0 saturated heterocycles. The molecule has 0 unspecified atom stereocenters. The van der Waals surface area contributed by atoms with Gasteiger partial charge in [-0.1, -0.05) is 0 Å². The summed E-state index contributed by atoms with van der Waals surface area (Å²) in [6.07, 6.45) is 0. The Kier molecular flexibility index (Phi) is 3.65. The lowest BCUT2D eigenvalue weighted by molar-refractivity contribution is 0.0955. The van der Waals surface area contributed by atoms with Crippen molar-refractivity contribution >= 4 is 28.5 Å². The van der Waals surface area contributed by atoms with Gasteiger partial charge in [-0.15, -0.1) is 0 Å². The summed E-state index contributed by atoms with van der Waals surface area (Å²) in [6.45, 7) is 2.37. The second-order valence-corrected chi connectivity index (χ2v) is 3.76. The van der Waals surface area contributed by atoms with Gasteiger partial charge in [-0.2, -0.15) is 0 Å². The van der Waals surface area contributed by atoms with Crippen molar-refractivity contribution in [2.75, 3.05) is 6.54 Å². The maximum absolute atomic E-state index is 12.8. The van der Waals surface area contributed by atoms with Crippen LogP contribution in [-0.4, -0.2) is 12.5 Å². The molecule has 0 aliphatic carbocycles. The number of rotatable bonds is 2. The Morgan fingerprint density at radius 3 is 2.77 bits per heavy atom. The molecule has 1 aromatic carbocycles. The molecule has 0 atom stereocenters. The zero-order valence-corrected chi connectivity index (χ0v) is 9.26. The molecule has 0 radical (unpaired) electrons. The molecule has 0 spiro atoms. The van der Waals surface area contributed by atoms with E-state index in [1.165, 1.54) is 12.1 Å². The van der Waals surface area contributed by atoms with Crippen molar-refractivity contribution in [1.29, 1.82) is 0 Å². The van der Waals surface area contributed by atoms with Crippen molar-refractivity contribution in [3.8, 4) is 0 Å². The monoisotopic (exact) mass is 293 g/mol. The van der Waals surface area contributed by atoms with Crippen LogP contribution in [0.25, 0.3) is 0 Å². The first kappa shape index (κ1) is 10.4. The van der Waals surface area contributed by atoms with Crippen LogP contribution in [0.3, 0.4) is 0 Å². The Hall–Kier alpha value is -0.650. The summed E-state index contributed by atoms with van der Waals surface area (Å²) < 4.78 is 13.6. The summed E-state index contributed by atoms with van der Waals surface area (Å²) in [5, 5.41) is 2.61. The third-order valence-corrected chi connectivity index (χ3v) is 2.08. The van der Waals surface area contributed by atoms with Gasteiger partial charge in [0, 0.05) is 15.7 Å². The van der Waals surface area contributed by atoms with Gasteiger partial charge in [0.15, 0.2) is 0 Å². The largest absolute Gasteiger partial charge is 0.352 e. The molecule has 0 aromatic heterocycles. The van der Waals surface area contributed by atoms with E-state index in [1.54, 1.807) is 6.07 Å². The van der Waals surface area contributed by atoms with E-state index in [1.807, 2.05) is 29.5 Å². The number of amides is 1. The third kappa shape index (κ3) is 2.95. The Labute approximate surface area is 89.7 Å². The van der Waals surface area contributed by atoms with Gasteiger partial charge < -0.3 is 5.32 Å². The van der Waals surface area contributed by atoms with Crippen molar-refractivity contribution in [2.45, 2.75) is 6.92 Å². The van der Waals surface area contributed by atoms with E-state index in [-0.39, 0.29) is 11.7 Å². The Morgan fingerprint density at radius 1 is 1.54 bits per heavy atom. The predicted octanol–water partition coefficient (Wildman–Crippen LogP) is 2.18. The molecule has 70 valence electrons. The second-order valence-electron chi connectivity index (χ2n) is 2.52. The fourth-order valence-electron chi connectivity index (χ4n) is 0.948. The van der Waals surface area contributed by atoms with Crippen molar-refractivity contribution in [3.05, 3.63) is 33.1 Å². The van der Waals surface area contributed by atoms with Gasteiger partial charge >= 0.3 is 0 Å². The van der Waals surface area contributed by atoms with Gasteiger partial charge in [-0.25, -0.2) is 4.39 Å². The SMILES string of the molecule is CCNC(=O)c1cc(F)cc(I)c1. The molecule has 1 aromatic rings. The van der Waals surface area contributed by atoms with E-state index < -0.39 is 0 Å². The van der Waals surface area contributed by atoms with Crippen molar-refractivity contribution in [2.24, 2.45) is 0 Å². The summed E-state index contributed by atoms with van der Waals surface area (Å²) in [6, 6.07) is 4.26. The van der Waals surface area contributed by atoms with Crippen LogP contribution in [0.4, 0.5) is 4.39 Å². The van der Waals surface area contributed by atoms with E-state index in [0.717, 1.165) is 3.57 Å². The molecule has 0 fully saturated rings. The molecule has 0 saturated carbocycles. The minimum atomic E-state index is -0.381. The van der Waals surface area contributed by atoms with Crippen LogP contribution in [0.2, 0.25) is 0 Å².